The second-order valence-corrected chi connectivity index (χ2v) is 3.37. The predicted octanol–water partition coefficient (Wildman–Crippen LogP) is 1.88. The predicted molar refractivity (Wildman–Crippen MR) is 53.6 cm³/mol. The summed E-state index contributed by atoms with van der Waals surface area (Å²) < 4.78 is 0. The van der Waals surface area contributed by atoms with Gasteiger partial charge in [-0.1, -0.05) is 30.3 Å². The number of carbonyl (C=O) groups excluding carboxylic acids is 1. The van der Waals surface area contributed by atoms with E-state index in [1.54, 1.807) is 19.0 Å². The van der Waals surface area contributed by atoms with Gasteiger partial charge in [-0.3, -0.25) is 4.79 Å². The summed E-state index contributed by atoms with van der Waals surface area (Å²) in [6, 6.07) is 9.82. The number of likely N-dealkylation sites (N-methyl/N-ethyl adjacent to an activating group) is 1. The molecule has 0 spiro atoms. The van der Waals surface area contributed by atoms with E-state index in [4.69, 9.17) is 0 Å². The third-order valence-electron chi connectivity index (χ3n) is 2.11. The average molecular weight is 177 g/mol. The van der Waals surface area contributed by atoms with Gasteiger partial charge in [-0.05, 0) is 12.5 Å². The zero-order chi connectivity index (χ0) is 9.84. The summed E-state index contributed by atoms with van der Waals surface area (Å²) >= 11 is 0. The van der Waals surface area contributed by atoms with Gasteiger partial charge in [0.2, 0.25) is 5.91 Å². The van der Waals surface area contributed by atoms with Crippen molar-refractivity contribution < 1.29 is 4.79 Å². The molecule has 0 saturated carbocycles. The van der Waals surface area contributed by atoms with Gasteiger partial charge in [0.15, 0.2) is 0 Å². The van der Waals surface area contributed by atoms with Gasteiger partial charge < -0.3 is 4.90 Å². The molecule has 13 heavy (non-hydrogen) atoms. The number of carbonyl (C=O) groups is 1. The van der Waals surface area contributed by atoms with Crippen molar-refractivity contribution in [1.82, 2.24) is 4.90 Å². The molecule has 1 aromatic rings. The summed E-state index contributed by atoms with van der Waals surface area (Å²) in [6.45, 7) is 1.93. The van der Waals surface area contributed by atoms with Crippen molar-refractivity contribution in [3.63, 3.8) is 0 Å². The van der Waals surface area contributed by atoms with Crippen LogP contribution in [0.15, 0.2) is 30.3 Å². The molecule has 1 unspecified atom stereocenters. The van der Waals surface area contributed by atoms with E-state index in [2.05, 4.69) is 0 Å². The Morgan fingerprint density at radius 3 is 2.23 bits per heavy atom. The Labute approximate surface area is 79.2 Å². The molecular formula is C11H15NO. The van der Waals surface area contributed by atoms with E-state index in [-0.39, 0.29) is 11.8 Å². The van der Waals surface area contributed by atoms with Crippen LogP contribution in [0.25, 0.3) is 0 Å². The fraction of sp³-hybridized carbons (Fsp3) is 0.364. The first-order chi connectivity index (χ1) is 6.13. The van der Waals surface area contributed by atoms with Crippen LogP contribution in [0.5, 0.6) is 0 Å². The lowest BCUT2D eigenvalue weighted by Gasteiger charge is -2.16. The maximum absolute atomic E-state index is 11.6. The van der Waals surface area contributed by atoms with Crippen molar-refractivity contribution in [3.05, 3.63) is 35.9 Å². The van der Waals surface area contributed by atoms with Crippen LogP contribution in [0, 0.1) is 0 Å². The lowest BCUT2D eigenvalue weighted by atomic mass is 10.0. The number of hydrogen-bond donors (Lipinski definition) is 0. The van der Waals surface area contributed by atoms with Crippen molar-refractivity contribution in [1.29, 1.82) is 0 Å². The lowest BCUT2D eigenvalue weighted by molar-refractivity contribution is -0.129. The van der Waals surface area contributed by atoms with Gasteiger partial charge in [-0.2, -0.15) is 0 Å². The lowest BCUT2D eigenvalue weighted by Crippen LogP contribution is -2.26. The summed E-state index contributed by atoms with van der Waals surface area (Å²) in [5, 5.41) is 0. The second-order valence-electron chi connectivity index (χ2n) is 3.37. The molecule has 0 saturated heterocycles. The minimum absolute atomic E-state index is 0.0452. The minimum atomic E-state index is -0.0452. The third kappa shape index (κ3) is 2.31. The molecule has 2 heteroatoms. The molecule has 0 aromatic heterocycles. The molecule has 1 amide bonds. The molecule has 1 rings (SSSR count). The van der Waals surface area contributed by atoms with E-state index >= 15 is 0 Å². The van der Waals surface area contributed by atoms with Gasteiger partial charge >= 0.3 is 0 Å². The van der Waals surface area contributed by atoms with Crippen LogP contribution in [-0.4, -0.2) is 24.9 Å². The van der Waals surface area contributed by atoms with Crippen LogP contribution < -0.4 is 0 Å². The van der Waals surface area contributed by atoms with Crippen LogP contribution in [0.1, 0.15) is 18.4 Å². The molecule has 0 N–H and O–H groups in total. The summed E-state index contributed by atoms with van der Waals surface area (Å²) in [4.78, 5) is 13.2. The SMILES string of the molecule is CC(C(=O)N(C)C)c1ccccc1. The Kier molecular flexibility index (Phi) is 3.07. The Morgan fingerprint density at radius 2 is 1.77 bits per heavy atom. The van der Waals surface area contributed by atoms with Crippen molar-refractivity contribution in [3.8, 4) is 0 Å². The summed E-state index contributed by atoms with van der Waals surface area (Å²) in [5.74, 6) is 0.0994. The van der Waals surface area contributed by atoms with Crippen molar-refractivity contribution in [2.75, 3.05) is 14.1 Å². The molecule has 70 valence electrons. The second kappa shape index (κ2) is 4.08. The number of amides is 1. The molecular weight excluding hydrogens is 162 g/mol. The molecule has 0 heterocycles. The maximum Gasteiger partial charge on any atom is 0.229 e. The van der Waals surface area contributed by atoms with Gasteiger partial charge in [0.05, 0.1) is 5.92 Å². The van der Waals surface area contributed by atoms with E-state index in [0.29, 0.717) is 0 Å². The standard InChI is InChI=1S/C11H15NO/c1-9(11(13)12(2)3)10-7-5-4-6-8-10/h4-9H,1-3H3. The highest BCUT2D eigenvalue weighted by Gasteiger charge is 2.15. The Bertz CT molecular complexity index is 279. The first-order valence-corrected chi connectivity index (χ1v) is 4.39. The molecule has 0 aliphatic rings. The third-order valence-corrected chi connectivity index (χ3v) is 2.11. The first-order valence-electron chi connectivity index (χ1n) is 4.39. The zero-order valence-electron chi connectivity index (χ0n) is 8.32. The molecule has 0 radical (unpaired) electrons. The molecule has 2 nitrogen and oxygen atoms in total. The quantitative estimate of drug-likeness (QED) is 0.675. The van der Waals surface area contributed by atoms with E-state index in [9.17, 15) is 4.79 Å². The summed E-state index contributed by atoms with van der Waals surface area (Å²) in [5.41, 5.74) is 1.07. The number of nitrogens with zero attached hydrogens (tertiary/aromatic N) is 1. The Balaban J connectivity index is 2.80. The van der Waals surface area contributed by atoms with E-state index in [0.717, 1.165) is 5.56 Å². The molecule has 1 atom stereocenters. The summed E-state index contributed by atoms with van der Waals surface area (Å²) in [6.07, 6.45) is 0. The number of hydrogen-bond acceptors (Lipinski definition) is 1. The maximum atomic E-state index is 11.6. The highest BCUT2D eigenvalue weighted by Crippen LogP contribution is 2.15. The van der Waals surface area contributed by atoms with Crippen LogP contribution in [-0.2, 0) is 4.79 Å². The first kappa shape index (κ1) is 9.78. The Morgan fingerprint density at radius 1 is 1.23 bits per heavy atom. The van der Waals surface area contributed by atoms with Gasteiger partial charge in [-0.15, -0.1) is 0 Å². The minimum Gasteiger partial charge on any atom is -0.348 e. The molecule has 0 bridgehead atoms. The Hall–Kier alpha value is -1.31. The monoisotopic (exact) mass is 177 g/mol. The number of benzene rings is 1. The van der Waals surface area contributed by atoms with Crippen LogP contribution in [0.3, 0.4) is 0 Å². The van der Waals surface area contributed by atoms with Gasteiger partial charge in [0.1, 0.15) is 0 Å². The van der Waals surface area contributed by atoms with Crippen LogP contribution >= 0.6 is 0 Å². The van der Waals surface area contributed by atoms with Crippen LogP contribution in [0.2, 0.25) is 0 Å². The fourth-order valence-electron chi connectivity index (χ4n) is 1.27. The van der Waals surface area contributed by atoms with E-state index < -0.39 is 0 Å². The van der Waals surface area contributed by atoms with E-state index in [1.807, 2.05) is 37.3 Å². The van der Waals surface area contributed by atoms with Gasteiger partial charge in [-0.25, -0.2) is 0 Å². The average Bonchev–Trinajstić information content (AvgIpc) is 2.17. The highest BCUT2D eigenvalue weighted by molar-refractivity contribution is 5.82. The van der Waals surface area contributed by atoms with Crippen molar-refractivity contribution >= 4 is 5.91 Å². The smallest absolute Gasteiger partial charge is 0.229 e. The number of rotatable bonds is 2. The molecule has 1 aromatic carbocycles. The highest BCUT2D eigenvalue weighted by atomic mass is 16.2. The van der Waals surface area contributed by atoms with Crippen molar-refractivity contribution in [2.24, 2.45) is 0 Å². The summed E-state index contributed by atoms with van der Waals surface area (Å²) in [7, 11) is 3.56. The molecule has 0 aliphatic heterocycles. The molecule has 0 aliphatic carbocycles. The largest absolute Gasteiger partial charge is 0.348 e. The van der Waals surface area contributed by atoms with E-state index in [1.165, 1.54) is 0 Å². The molecule has 0 fully saturated rings. The van der Waals surface area contributed by atoms with Crippen molar-refractivity contribution in [2.45, 2.75) is 12.8 Å². The normalized spacial score (nSPS) is 12.2. The topological polar surface area (TPSA) is 20.3 Å². The zero-order valence-corrected chi connectivity index (χ0v) is 8.32. The van der Waals surface area contributed by atoms with Gasteiger partial charge in [0.25, 0.3) is 0 Å². The van der Waals surface area contributed by atoms with Crippen LogP contribution in [0.4, 0.5) is 0 Å². The fourth-order valence-corrected chi connectivity index (χ4v) is 1.27. The van der Waals surface area contributed by atoms with Gasteiger partial charge in [0, 0.05) is 14.1 Å².